The third kappa shape index (κ3) is 37.2. The number of Topliss-reactive ketones (excluding diaryl/α,β-unsaturated/α-hetero) is 4. The monoisotopic (exact) mass is 1110 g/mol. The number of amides is 2. The number of ketones is 4. The lowest BCUT2D eigenvalue weighted by atomic mass is 9.94. The summed E-state index contributed by atoms with van der Waals surface area (Å²) in [5.41, 5.74) is 0.208. The molecule has 0 saturated heterocycles. The predicted molar refractivity (Wildman–Crippen MR) is 283 cm³/mol. The lowest BCUT2D eigenvalue weighted by molar-refractivity contribution is -0.145. The largest absolute Gasteiger partial charge is 0.494 e. The maximum Gasteiger partial charge on any atom is 0.335 e. The van der Waals surface area contributed by atoms with Crippen LogP contribution in [-0.4, -0.2) is 175 Å². The van der Waals surface area contributed by atoms with E-state index in [2.05, 4.69) is 10.6 Å². The maximum absolute atomic E-state index is 12.5. The minimum Gasteiger partial charge on any atom is -0.494 e. The van der Waals surface area contributed by atoms with Gasteiger partial charge in [0.25, 0.3) is 0 Å². The number of carboxylic acids is 4. The normalized spacial score (nSPS) is 12.7. The van der Waals surface area contributed by atoms with Gasteiger partial charge in [-0.3, -0.25) is 43.2 Å². The first-order valence-electron chi connectivity index (χ1n) is 26.7. The number of hydrogen-bond donors (Lipinski definition) is 7. The van der Waals surface area contributed by atoms with Crippen molar-refractivity contribution in [2.75, 3.05) is 90.7 Å². The van der Waals surface area contributed by atoms with Gasteiger partial charge in [-0.05, 0) is 62.8 Å². The van der Waals surface area contributed by atoms with Crippen molar-refractivity contribution in [2.45, 2.75) is 129 Å². The van der Waals surface area contributed by atoms with Crippen LogP contribution in [0.2, 0.25) is 0 Å². The van der Waals surface area contributed by atoms with Gasteiger partial charge in [-0.15, -0.1) is 0 Å². The number of hydrogen-bond acceptors (Lipinski definition) is 17. The van der Waals surface area contributed by atoms with Gasteiger partial charge < -0.3 is 59.9 Å². The van der Waals surface area contributed by atoms with Crippen LogP contribution in [0.4, 0.5) is 0 Å². The summed E-state index contributed by atoms with van der Waals surface area (Å²) in [6.45, 7) is 2.44. The Bertz CT molecular complexity index is 1920. The zero-order chi connectivity index (χ0) is 57.1. The van der Waals surface area contributed by atoms with Crippen LogP contribution >= 0.6 is 11.8 Å². The summed E-state index contributed by atoms with van der Waals surface area (Å²) in [6, 6.07) is 6.28. The van der Waals surface area contributed by atoms with E-state index >= 15 is 0 Å². The smallest absolute Gasteiger partial charge is 0.335 e. The molecule has 77 heavy (non-hydrogen) atoms. The van der Waals surface area contributed by atoms with Gasteiger partial charge in [-0.1, -0.05) is 51.9 Å². The molecule has 0 heterocycles. The molecule has 7 N–H and O–H groups in total. The minimum absolute atomic E-state index is 0.0110. The topological polar surface area (TPSA) is 342 Å². The Balaban J connectivity index is 2.01. The summed E-state index contributed by atoms with van der Waals surface area (Å²) in [7, 11) is 0. The predicted octanol–water partition coefficient (Wildman–Crippen LogP) is 5.21. The van der Waals surface area contributed by atoms with E-state index in [1.165, 1.54) is 23.9 Å². The summed E-state index contributed by atoms with van der Waals surface area (Å²) in [6.07, 6.45) is 8.83. The summed E-state index contributed by atoms with van der Waals surface area (Å²) in [5, 5.41) is 51.7. The Morgan fingerprint density at radius 3 is 1.61 bits per heavy atom. The molecule has 0 fully saturated rings. The molecule has 436 valence electrons. The van der Waals surface area contributed by atoms with E-state index < -0.39 is 54.2 Å². The Morgan fingerprint density at radius 2 is 1.03 bits per heavy atom. The second-order valence-electron chi connectivity index (χ2n) is 18.7. The molecule has 23 heteroatoms. The first-order valence-corrected chi connectivity index (χ1v) is 27.9. The van der Waals surface area contributed by atoms with Crippen LogP contribution < -0.4 is 15.4 Å². The van der Waals surface area contributed by atoms with Gasteiger partial charge in [0.15, 0.2) is 5.78 Å². The summed E-state index contributed by atoms with van der Waals surface area (Å²) < 4.78 is 27.0. The van der Waals surface area contributed by atoms with Crippen molar-refractivity contribution in [2.24, 2.45) is 23.7 Å². The highest BCUT2D eigenvalue weighted by molar-refractivity contribution is 7.99. The van der Waals surface area contributed by atoms with Crippen molar-refractivity contribution in [3.63, 3.8) is 0 Å². The molecule has 0 aliphatic heterocycles. The molecule has 4 atom stereocenters. The van der Waals surface area contributed by atoms with Crippen LogP contribution in [0.15, 0.2) is 24.3 Å². The van der Waals surface area contributed by atoms with Crippen molar-refractivity contribution < 1.29 is 97.2 Å². The molecule has 1 aromatic carbocycles. The number of nitrogens with one attached hydrogen (secondary N) is 2. The quantitative estimate of drug-likeness (QED) is 0.0411. The molecule has 0 unspecified atom stereocenters. The van der Waals surface area contributed by atoms with Crippen molar-refractivity contribution >= 4 is 70.6 Å². The second-order valence-corrected chi connectivity index (χ2v) is 19.7. The lowest BCUT2D eigenvalue weighted by Crippen LogP contribution is -2.31. The molecule has 0 aliphatic rings. The van der Waals surface area contributed by atoms with E-state index in [-0.39, 0.29) is 151 Å². The van der Waals surface area contributed by atoms with Gasteiger partial charge in [0.05, 0.1) is 81.9 Å². The SMILES string of the molecule is CC[C@@H](CSCC(=O)CCCCC[C@H](CC(=O)COCCOCCNC(=O)COCCOCCNC(=O)CC[C@@H](CC(=O)CCCCCCCCCOc1ccc(C(=O)O)cc1)C(=O)O)C(=O)O)C(=O)C[C@@H](CO)C(=O)O. The fourth-order valence-corrected chi connectivity index (χ4v) is 8.84. The number of aliphatic hydroxyl groups excluding tert-OH is 1. The highest BCUT2D eigenvalue weighted by atomic mass is 32.2. The summed E-state index contributed by atoms with van der Waals surface area (Å²) in [5.74, 6) is -8.10. The van der Waals surface area contributed by atoms with Gasteiger partial charge in [-0.25, -0.2) is 4.79 Å². The number of thioether (sulfide) groups is 1. The maximum atomic E-state index is 12.5. The average molecular weight is 1110 g/mol. The van der Waals surface area contributed by atoms with E-state index in [1.54, 1.807) is 19.1 Å². The van der Waals surface area contributed by atoms with E-state index in [0.717, 1.165) is 38.5 Å². The third-order valence-corrected chi connectivity index (χ3v) is 13.4. The molecule has 2 amide bonds. The van der Waals surface area contributed by atoms with Crippen LogP contribution in [-0.2, 0) is 62.1 Å². The van der Waals surface area contributed by atoms with Crippen molar-refractivity contribution in [3.05, 3.63) is 29.8 Å². The number of carbonyl (C=O) groups excluding carboxylic acids is 6. The van der Waals surface area contributed by atoms with E-state index in [1.807, 2.05) is 0 Å². The zero-order valence-corrected chi connectivity index (χ0v) is 45.5. The van der Waals surface area contributed by atoms with Gasteiger partial charge in [0, 0.05) is 63.3 Å². The van der Waals surface area contributed by atoms with Gasteiger partial charge in [0.1, 0.15) is 36.3 Å². The summed E-state index contributed by atoms with van der Waals surface area (Å²) >= 11 is 1.31. The molecule has 1 rings (SSSR count). The first kappa shape index (κ1) is 69.7. The number of rotatable bonds is 53. The number of aromatic carboxylic acids is 1. The van der Waals surface area contributed by atoms with Crippen molar-refractivity contribution in [1.29, 1.82) is 0 Å². The molecular formula is C54H84N2O20S. The Kier molecular flexibility index (Phi) is 40.4. The fourth-order valence-electron chi connectivity index (χ4n) is 7.64. The van der Waals surface area contributed by atoms with Gasteiger partial charge in [0.2, 0.25) is 11.8 Å². The highest BCUT2D eigenvalue weighted by Crippen LogP contribution is 2.21. The molecule has 0 saturated carbocycles. The summed E-state index contributed by atoms with van der Waals surface area (Å²) in [4.78, 5) is 119. The van der Waals surface area contributed by atoms with Crippen molar-refractivity contribution in [1.82, 2.24) is 10.6 Å². The molecule has 0 spiro atoms. The molecule has 0 radical (unpaired) electrons. The van der Waals surface area contributed by atoms with Gasteiger partial charge >= 0.3 is 23.9 Å². The number of aliphatic hydroxyl groups is 1. The molecule has 1 aromatic rings. The van der Waals surface area contributed by atoms with Crippen LogP contribution in [0.25, 0.3) is 0 Å². The molecule has 0 aromatic heterocycles. The standard InChI is InChI=1S/C54H84N2O20S/c1-2-39(48(61)33-43(34-57)54(70)71)37-77-38-45(59)15-11-8-9-13-41(52(66)67)32-46(60)35-74-29-27-73-26-23-56-50(63)36-75-30-28-72-25-22-55-49(62)21-18-42(53(68)69)31-44(58)14-10-6-4-3-5-7-12-24-76-47-19-16-40(17-20-47)51(64)65/h16-17,19-20,39,41-43,57H,2-15,18,21-38H2,1H3,(H,55,62)(H,56,63)(H,64,65)(H,66,67)(H,68,69)(H,70,71)/t39-,41+,42-,43-/m0/s1. The van der Waals surface area contributed by atoms with E-state index in [0.29, 0.717) is 63.1 Å². The number of carbonyl (C=O) groups is 10. The molecule has 22 nitrogen and oxygen atoms in total. The average Bonchev–Trinajstić information content (AvgIpc) is 3.39. The fraction of sp³-hybridized carbons (Fsp3) is 0.704. The highest BCUT2D eigenvalue weighted by Gasteiger charge is 2.26. The number of benzene rings is 1. The number of carboxylic acid groups (broad SMARTS) is 4. The van der Waals surface area contributed by atoms with E-state index in [4.69, 9.17) is 33.9 Å². The Labute approximate surface area is 455 Å². The minimum atomic E-state index is -1.23. The van der Waals surface area contributed by atoms with Crippen LogP contribution in [0.1, 0.15) is 139 Å². The van der Waals surface area contributed by atoms with Crippen LogP contribution in [0.3, 0.4) is 0 Å². The van der Waals surface area contributed by atoms with Gasteiger partial charge in [-0.2, -0.15) is 11.8 Å². The van der Waals surface area contributed by atoms with E-state index in [9.17, 15) is 63.3 Å². The first-order chi connectivity index (χ1) is 37.0. The molecule has 0 bridgehead atoms. The number of aliphatic carboxylic acids is 3. The molecule has 0 aliphatic carbocycles. The second kappa shape index (κ2) is 44.6. The zero-order valence-electron chi connectivity index (χ0n) is 44.7. The number of ether oxygens (including phenoxy) is 5. The lowest BCUT2D eigenvalue weighted by Gasteiger charge is -2.15. The number of unbranched alkanes of at least 4 members (excludes halogenated alkanes) is 8. The Hall–Kier alpha value is -5.33. The molecular weight excluding hydrogens is 1030 g/mol. The third-order valence-electron chi connectivity index (χ3n) is 12.3. The van der Waals surface area contributed by atoms with Crippen molar-refractivity contribution in [3.8, 4) is 5.75 Å². The van der Waals surface area contributed by atoms with Crippen LogP contribution in [0.5, 0.6) is 5.75 Å². The Morgan fingerprint density at radius 1 is 0.506 bits per heavy atom. The van der Waals surface area contributed by atoms with Crippen LogP contribution in [0, 0.1) is 23.7 Å².